The molecule has 0 saturated carbocycles. The number of carbonyl (C=O) groups is 1. The van der Waals surface area contributed by atoms with E-state index < -0.39 is 0 Å². The van der Waals surface area contributed by atoms with Gasteiger partial charge in [0.2, 0.25) is 0 Å². The predicted molar refractivity (Wildman–Crippen MR) is 67.6 cm³/mol. The maximum absolute atomic E-state index is 11.5. The van der Waals surface area contributed by atoms with Crippen LogP contribution in [0.2, 0.25) is 0 Å². The Morgan fingerprint density at radius 1 is 1.35 bits per heavy atom. The molecule has 0 amide bonds. The van der Waals surface area contributed by atoms with Gasteiger partial charge in [-0.15, -0.1) is 0 Å². The Kier molecular flexibility index (Phi) is 4.68. The van der Waals surface area contributed by atoms with Gasteiger partial charge in [0.15, 0.2) is 5.78 Å². The van der Waals surface area contributed by atoms with Crippen molar-refractivity contribution in [2.75, 3.05) is 18.0 Å². The van der Waals surface area contributed by atoms with E-state index in [4.69, 9.17) is 10.5 Å². The van der Waals surface area contributed by atoms with E-state index in [1.807, 2.05) is 12.1 Å². The summed E-state index contributed by atoms with van der Waals surface area (Å²) in [5.41, 5.74) is 1.12. The van der Waals surface area contributed by atoms with Crippen LogP contribution < -0.4 is 4.90 Å². The first kappa shape index (κ1) is 13.2. The van der Waals surface area contributed by atoms with E-state index in [1.165, 1.54) is 6.92 Å². The summed E-state index contributed by atoms with van der Waals surface area (Å²) < 4.78 is 0.804. The first-order chi connectivity index (χ1) is 8.10. The van der Waals surface area contributed by atoms with E-state index >= 15 is 0 Å². The predicted octanol–water partition coefficient (Wildman–Crippen LogP) is 2.51. The van der Waals surface area contributed by atoms with Gasteiger partial charge in [0.05, 0.1) is 17.8 Å². The number of nitriles is 2. The zero-order chi connectivity index (χ0) is 12.8. The Morgan fingerprint density at radius 2 is 1.94 bits per heavy atom. The zero-order valence-corrected chi connectivity index (χ0v) is 10.9. The minimum Gasteiger partial charge on any atom is -0.344 e. The first-order valence-electron chi connectivity index (χ1n) is 4.89. The van der Waals surface area contributed by atoms with Crippen LogP contribution in [0.3, 0.4) is 0 Å². The molecule has 0 unspecified atom stereocenters. The van der Waals surface area contributed by atoms with E-state index in [2.05, 4.69) is 15.9 Å². The molecule has 17 heavy (non-hydrogen) atoms. The number of carbonyl (C=O) groups excluding carboxylic acids is 1. The van der Waals surface area contributed by atoms with E-state index in [9.17, 15) is 4.79 Å². The molecule has 0 radical (unpaired) electrons. The molecule has 0 heterocycles. The van der Waals surface area contributed by atoms with Crippen LogP contribution in [0.4, 0.5) is 5.69 Å². The lowest BCUT2D eigenvalue weighted by molar-refractivity contribution is 0.101. The van der Waals surface area contributed by atoms with Crippen molar-refractivity contribution in [3.05, 3.63) is 28.2 Å². The highest BCUT2D eigenvalue weighted by molar-refractivity contribution is 9.10. The average molecular weight is 292 g/mol. The van der Waals surface area contributed by atoms with Crippen LogP contribution in [-0.2, 0) is 0 Å². The molecule has 0 N–H and O–H groups in total. The third-order valence-electron chi connectivity index (χ3n) is 2.20. The van der Waals surface area contributed by atoms with Crippen molar-refractivity contribution in [2.24, 2.45) is 0 Å². The fraction of sp³-hybridized carbons (Fsp3) is 0.250. The van der Waals surface area contributed by atoms with Crippen LogP contribution in [0.15, 0.2) is 22.7 Å². The highest BCUT2D eigenvalue weighted by atomic mass is 79.9. The molecule has 0 atom stereocenters. The van der Waals surface area contributed by atoms with Gasteiger partial charge < -0.3 is 4.90 Å². The standard InChI is InChI=1S/C12H10BrN3O/c1-9(17)11-3-2-10(13)8-12(11)16(6-4-14)7-5-15/h2-3,8H,6-7H2,1H3. The van der Waals surface area contributed by atoms with Crippen molar-refractivity contribution in [3.63, 3.8) is 0 Å². The van der Waals surface area contributed by atoms with Gasteiger partial charge >= 0.3 is 0 Å². The smallest absolute Gasteiger partial charge is 0.161 e. The van der Waals surface area contributed by atoms with Crippen molar-refractivity contribution in [3.8, 4) is 12.1 Å². The average Bonchev–Trinajstić information content (AvgIpc) is 2.28. The maximum Gasteiger partial charge on any atom is 0.161 e. The number of ketones is 1. The fourth-order valence-electron chi connectivity index (χ4n) is 1.46. The minimum atomic E-state index is -0.0895. The summed E-state index contributed by atoms with van der Waals surface area (Å²) in [4.78, 5) is 13.1. The molecule has 1 aromatic rings. The molecule has 0 bridgehead atoms. The van der Waals surface area contributed by atoms with Gasteiger partial charge in [-0.3, -0.25) is 4.79 Å². The quantitative estimate of drug-likeness (QED) is 0.631. The number of hydrogen-bond donors (Lipinski definition) is 0. The topological polar surface area (TPSA) is 67.9 Å². The molecule has 0 fully saturated rings. The Labute approximate surface area is 108 Å². The monoisotopic (exact) mass is 291 g/mol. The van der Waals surface area contributed by atoms with E-state index in [-0.39, 0.29) is 18.9 Å². The van der Waals surface area contributed by atoms with E-state index in [1.54, 1.807) is 23.1 Å². The first-order valence-corrected chi connectivity index (χ1v) is 5.68. The highest BCUT2D eigenvalue weighted by Crippen LogP contribution is 2.25. The van der Waals surface area contributed by atoms with Gasteiger partial charge in [-0.25, -0.2) is 0 Å². The van der Waals surface area contributed by atoms with Gasteiger partial charge in [-0.2, -0.15) is 10.5 Å². The van der Waals surface area contributed by atoms with E-state index in [0.29, 0.717) is 11.3 Å². The minimum absolute atomic E-state index is 0.0737. The van der Waals surface area contributed by atoms with Crippen molar-refractivity contribution >= 4 is 27.4 Å². The second-order valence-corrected chi connectivity index (χ2v) is 4.31. The number of benzene rings is 1. The number of rotatable bonds is 4. The van der Waals surface area contributed by atoms with Crippen LogP contribution >= 0.6 is 15.9 Å². The van der Waals surface area contributed by atoms with Crippen molar-refractivity contribution < 1.29 is 4.79 Å². The molecule has 0 aliphatic heterocycles. The van der Waals surface area contributed by atoms with Gasteiger partial charge in [-0.1, -0.05) is 15.9 Å². The maximum atomic E-state index is 11.5. The molecular formula is C12H10BrN3O. The zero-order valence-electron chi connectivity index (χ0n) is 9.27. The number of hydrogen-bond acceptors (Lipinski definition) is 4. The van der Waals surface area contributed by atoms with Crippen LogP contribution in [-0.4, -0.2) is 18.9 Å². The Morgan fingerprint density at radius 3 is 2.41 bits per heavy atom. The normalized spacial score (nSPS) is 9.18. The Bertz CT molecular complexity index is 497. The van der Waals surface area contributed by atoms with E-state index in [0.717, 1.165) is 4.47 Å². The molecule has 0 saturated heterocycles. The molecule has 0 aromatic heterocycles. The summed E-state index contributed by atoms with van der Waals surface area (Å²) in [6, 6.07) is 9.16. The molecule has 0 aliphatic carbocycles. The molecule has 1 rings (SSSR count). The molecular weight excluding hydrogens is 282 g/mol. The summed E-state index contributed by atoms with van der Waals surface area (Å²) in [5, 5.41) is 17.5. The molecule has 1 aromatic carbocycles. The lowest BCUT2D eigenvalue weighted by Gasteiger charge is -2.20. The van der Waals surface area contributed by atoms with Crippen molar-refractivity contribution in [1.29, 1.82) is 10.5 Å². The summed E-state index contributed by atoms with van der Waals surface area (Å²) >= 11 is 3.31. The van der Waals surface area contributed by atoms with Crippen LogP contribution in [0, 0.1) is 22.7 Å². The van der Waals surface area contributed by atoms with Gasteiger partial charge in [0, 0.05) is 10.0 Å². The molecule has 86 valence electrons. The SMILES string of the molecule is CC(=O)c1ccc(Br)cc1N(CC#N)CC#N. The van der Waals surface area contributed by atoms with Gasteiger partial charge in [0.1, 0.15) is 13.1 Å². The Hall–Kier alpha value is -1.85. The number of anilines is 1. The fourth-order valence-corrected chi connectivity index (χ4v) is 1.81. The van der Waals surface area contributed by atoms with Crippen LogP contribution in [0.1, 0.15) is 17.3 Å². The largest absolute Gasteiger partial charge is 0.344 e. The lowest BCUT2D eigenvalue weighted by Crippen LogP contribution is -2.25. The molecule has 5 heteroatoms. The summed E-state index contributed by atoms with van der Waals surface area (Å²) in [6.45, 7) is 1.61. The van der Waals surface area contributed by atoms with Crippen LogP contribution in [0.25, 0.3) is 0 Å². The lowest BCUT2D eigenvalue weighted by atomic mass is 10.1. The molecule has 4 nitrogen and oxygen atoms in total. The van der Waals surface area contributed by atoms with Crippen LogP contribution in [0.5, 0.6) is 0 Å². The second kappa shape index (κ2) is 6.03. The third-order valence-corrected chi connectivity index (χ3v) is 2.70. The number of halogens is 1. The Balaban J connectivity index is 3.25. The second-order valence-electron chi connectivity index (χ2n) is 3.39. The molecule has 0 aliphatic rings. The number of Topliss-reactive ketones (excluding diaryl/α,β-unsaturated/α-hetero) is 1. The van der Waals surface area contributed by atoms with Crippen molar-refractivity contribution in [1.82, 2.24) is 0 Å². The summed E-state index contributed by atoms with van der Waals surface area (Å²) in [5.74, 6) is -0.0895. The summed E-state index contributed by atoms with van der Waals surface area (Å²) in [7, 11) is 0. The van der Waals surface area contributed by atoms with Gasteiger partial charge in [0.25, 0.3) is 0 Å². The van der Waals surface area contributed by atoms with Crippen molar-refractivity contribution in [2.45, 2.75) is 6.92 Å². The highest BCUT2D eigenvalue weighted by Gasteiger charge is 2.14. The number of nitrogens with zero attached hydrogens (tertiary/aromatic N) is 3. The third kappa shape index (κ3) is 3.30. The molecule has 0 spiro atoms. The summed E-state index contributed by atoms with van der Waals surface area (Å²) in [6.07, 6.45) is 0. The van der Waals surface area contributed by atoms with Gasteiger partial charge in [-0.05, 0) is 25.1 Å².